The monoisotopic (exact) mass is 328 g/mol. The van der Waals surface area contributed by atoms with Crippen molar-refractivity contribution in [2.75, 3.05) is 0 Å². The predicted octanol–water partition coefficient (Wildman–Crippen LogP) is 4.60. The predicted molar refractivity (Wildman–Crippen MR) is 95.4 cm³/mol. The molecule has 2 heterocycles. The average Bonchev–Trinajstić information content (AvgIpc) is 2.96. The second-order valence-electron chi connectivity index (χ2n) is 7.02. The highest BCUT2D eigenvalue weighted by Gasteiger charge is 2.39. The van der Waals surface area contributed by atoms with E-state index in [2.05, 4.69) is 32.8 Å². The van der Waals surface area contributed by atoms with Crippen LogP contribution < -0.4 is 4.74 Å². The molecule has 0 saturated carbocycles. The second-order valence-corrected chi connectivity index (χ2v) is 7.02. The molecule has 1 aromatic carbocycles. The molecular formula is C20H28N2O2. The number of rotatable bonds is 4. The van der Waals surface area contributed by atoms with Gasteiger partial charge in [-0.15, -0.1) is 0 Å². The lowest BCUT2D eigenvalue weighted by molar-refractivity contribution is -0.213. The van der Waals surface area contributed by atoms with Crippen molar-refractivity contribution in [3.8, 4) is 11.6 Å². The highest BCUT2D eigenvalue weighted by Crippen LogP contribution is 2.37. The molecule has 3 rings (SSSR count). The van der Waals surface area contributed by atoms with Crippen LogP contribution in [0.3, 0.4) is 0 Å². The van der Waals surface area contributed by atoms with Crippen molar-refractivity contribution in [3.05, 3.63) is 42.1 Å². The summed E-state index contributed by atoms with van der Waals surface area (Å²) in [7, 11) is 0. The average molecular weight is 328 g/mol. The maximum atomic E-state index is 6.30. The van der Waals surface area contributed by atoms with Gasteiger partial charge in [0.15, 0.2) is 0 Å². The number of hydrogen-bond acceptors (Lipinski definition) is 3. The third kappa shape index (κ3) is 3.20. The van der Waals surface area contributed by atoms with Gasteiger partial charge in [-0.25, -0.2) is 4.68 Å². The fourth-order valence-corrected chi connectivity index (χ4v) is 3.52. The molecule has 1 saturated heterocycles. The van der Waals surface area contributed by atoms with E-state index < -0.39 is 0 Å². The number of ether oxygens (including phenoxy) is 2. The van der Waals surface area contributed by atoms with Gasteiger partial charge in [-0.05, 0) is 37.3 Å². The Labute approximate surface area is 144 Å². The summed E-state index contributed by atoms with van der Waals surface area (Å²) in [5.41, 5.74) is 1.93. The van der Waals surface area contributed by atoms with Crippen LogP contribution in [0.4, 0.5) is 0 Å². The Balaban J connectivity index is 1.86. The second kappa shape index (κ2) is 6.98. The molecule has 0 N–H and O–H groups in total. The zero-order chi connectivity index (χ0) is 17.3. The molecule has 1 aliphatic rings. The molecule has 1 aliphatic heterocycles. The Hall–Kier alpha value is -1.81. The van der Waals surface area contributed by atoms with Gasteiger partial charge in [-0.2, -0.15) is 5.10 Å². The van der Waals surface area contributed by atoms with E-state index in [1.54, 1.807) is 0 Å². The first-order valence-electron chi connectivity index (χ1n) is 8.95. The van der Waals surface area contributed by atoms with Gasteiger partial charge in [0.2, 0.25) is 12.2 Å². The highest BCUT2D eigenvalue weighted by molar-refractivity contribution is 5.35. The summed E-state index contributed by atoms with van der Waals surface area (Å²) in [5.74, 6) is 2.18. The van der Waals surface area contributed by atoms with E-state index in [9.17, 15) is 0 Å². The smallest absolute Gasteiger partial charge is 0.219 e. The summed E-state index contributed by atoms with van der Waals surface area (Å²) in [6.07, 6.45) is 1.02. The van der Waals surface area contributed by atoms with Crippen LogP contribution in [0, 0.1) is 24.7 Å². The molecule has 1 aromatic heterocycles. The summed E-state index contributed by atoms with van der Waals surface area (Å²) in [6, 6.07) is 12.1. The minimum absolute atomic E-state index is 0.236. The Morgan fingerprint density at radius 2 is 1.79 bits per heavy atom. The molecule has 0 bridgehead atoms. The van der Waals surface area contributed by atoms with E-state index in [-0.39, 0.29) is 12.4 Å². The molecule has 4 heteroatoms. The Morgan fingerprint density at radius 3 is 2.46 bits per heavy atom. The van der Waals surface area contributed by atoms with Crippen LogP contribution >= 0.6 is 0 Å². The fourth-order valence-electron chi connectivity index (χ4n) is 3.52. The minimum atomic E-state index is -0.236. The van der Waals surface area contributed by atoms with Gasteiger partial charge in [-0.3, -0.25) is 0 Å². The molecular weight excluding hydrogens is 300 g/mol. The molecule has 0 amide bonds. The van der Waals surface area contributed by atoms with Gasteiger partial charge < -0.3 is 9.47 Å². The molecule has 0 spiro atoms. The largest absolute Gasteiger partial charge is 0.447 e. The van der Waals surface area contributed by atoms with Gasteiger partial charge in [0, 0.05) is 12.0 Å². The third-order valence-corrected chi connectivity index (χ3v) is 5.42. The van der Waals surface area contributed by atoms with Crippen LogP contribution in [-0.4, -0.2) is 22.2 Å². The summed E-state index contributed by atoms with van der Waals surface area (Å²) in [5, 5.41) is 4.58. The number of aromatic nitrogens is 2. The lowest BCUT2D eigenvalue weighted by Gasteiger charge is -2.43. The van der Waals surface area contributed by atoms with E-state index >= 15 is 0 Å². The standard InChI is InChI=1S/C20H28N2O2/c1-6-18-15(4)14(3)16(5)20(23-18)24-19-12-13(2)21-22(19)17-10-8-7-9-11-17/h7-12,14-16,18,20H,6H2,1-5H3/t14-,15-,16-,18+,20?/m0/s1. The molecule has 130 valence electrons. The highest BCUT2D eigenvalue weighted by atomic mass is 16.7. The van der Waals surface area contributed by atoms with Crippen LogP contribution in [0.2, 0.25) is 0 Å². The molecule has 2 aromatic rings. The summed E-state index contributed by atoms with van der Waals surface area (Å²) < 4.78 is 14.4. The molecule has 0 aliphatic carbocycles. The van der Waals surface area contributed by atoms with Crippen molar-refractivity contribution >= 4 is 0 Å². The zero-order valence-corrected chi connectivity index (χ0v) is 15.3. The van der Waals surface area contributed by atoms with Gasteiger partial charge in [-0.1, -0.05) is 45.9 Å². The third-order valence-electron chi connectivity index (χ3n) is 5.42. The molecule has 4 nitrogen and oxygen atoms in total. The Morgan fingerprint density at radius 1 is 1.08 bits per heavy atom. The number of hydrogen-bond donors (Lipinski definition) is 0. The van der Waals surface area contributed by atoms with E-state index in [1.807, 2.05) is 48.0 Å². The van der Waals surface area contributed by atoms with E-state index in [0.29, 0.717) is 17.8 Å². The summed E-state index contributed by atoms with van der Waals surface area (Å²) in [6.45, 7) is 11.0. The first kappa shape index (κ1) is 17.0. The first-order valence-corrected chi connectivity index (χ1v) is 8.95. The lowest BCUT2D eigenvalue weighted by atomic mass is 9.78. The van der Waals surface area contributed by atoms with E-state index in [4.69, 9.17) is 9.47 Å². The Bertz CT molecular complexity index is 666. The molecule has 1 fully saturated rings. The number of nitrogens with zero attached hydrogens (tertiary/aromatic N) is 2. The topological polar surface area (TPSA) is 36.3 Å². The lowest BCUT2D eigenvalue weighted by Crippen LogP contribution is -2.47. The van der Waals surface area contributed by atoms with Crippen LogP contribution in [0.25, 0.3) is 5.69 Å². The van der Waals surface area contributed by atoms with Crippen LogP contribution in [0.15, 0.2) is 36.4 Å². The summed E-state index contributed by atoms with van der Waals surface area (Å²) >= 11 is 0. The molecule has 0 radical (unpaired) electrons. The van der Waals surface area contributed by atoms with Crippen molar-refractivity contribution in [2.45, 2.75) is 53.4 Å². The van der Waals surface area contributed by atoms with Crippen LogP contribution in [-0.2, 0) is 4.74 Å². The van der Waals surface area contributed by atoms with E-state index in [1.165, 1.54) is 0 Å². The van der Waals surface area contributed by atoms with Gasteiger partial charge in [0.05, 0.1) is 17.5 Å². The first-order chi connectivity index (χ1) is 11.5. The molecule has 24 heavy (non-hydrogen) atoms. The van der Waals surface area contributed by atoms with Crippen molar-refractivity contribution in [3.63, 3.8) is 0 Å². The van der Waals surface area contributed by atoms with Crippen molar-refractivity contribution in [1.82, 2.24) is 9.78 Å². The number of aryl methyl sites for hydroxylation is 1. The normalized spacial score (nSPS) is 30.3. The van der Waals surface area contributed by atoms with Crippen LogP contribution in [0.5, 0.6) is 5.88 Å². The van der Waals surface area contributed by atoms with Gasteiger partial charge in [0.25, 0.3) is 0 Å². The van der Waals surface area contributed by atoms with E-state index in [0.717, 1.165) is 23.7 Å². The zero-order valence-electron chi connectivity index (χ0n) is 15.3. The quantitative estimate of drug-likeness (QED) is 0.823. The SMILES string of the molecule is CC[C@H]1OC(Oc2cc(C)nn2-c2ccccc2)[C@@H](C)[C@@H](C)[C@@H]1C. The molecule has 5 atom stereocenters. The minimum Gasteiger partial charge on any atom is -0.447 e. The maximum absolute atomic E-state index is 6.30. The summed E-state index contributed by atoms with van der Waals surface area (Å²) in [4.78, 5) is 0. The maximum Gasteiger partial charge on any atom is 0.219 e. The fraction of sp³-hybridized carbons (Fsp3) is 0.550. The van der Waals surface area contributed by atoms with Crippen molar-refractivity contribution < 1.29 is 9.47 Å². The van der Waals surface area contributed by atoms with Gasteiger partial charge in [0.1, 0.15) is 0 Å². The number of para-hydroxylation sites is 1. The van der Waals surface area contributed by atoms with Crippen LogP contribution in [0.1, 0.15) is 39.8 Å². The Kier molecular flexibility index (Phi) is 4.95. The van der Waals surface area contributed by atoms with Crippen molar-refractivity contribution in [1.29, 1.82) is 0 Å². The van der Waals surface area contributed by atoms with Gasteiger partial charge >= 0.3 is 0 Å². The number of benzene rings is 1. The molecule has 1 unspecified atom stereocenters. The van der Waals surface area contributed by atoms with Crippen molar-refractivity contribution in [2.24, 2.45) is 17.8 Å².